The van der Waals surface area contributed by atoms with E-state index < -0.39 is 5.60 Å². The summed E-state index contributed by atoms with van der Waals surface area (Å²) < 4.78 is 5.29. The number of nitrogens with zero attached hydrogens (tertiary/aromatic N) is 2. The van der Waals surface area contributed by atoms with Gasteiger partial charge in [-0.2, -0.15) is 0 Å². The second-order valence-electron chi connectivity index (χ2n) is 6.05. The maximum Gasteiger partial charge on any atom is 0.410 e. The fourth-order valence-electron chi connectivity index (χ4n) is 1.69. The molecule has 116 valence electrons. The van der Waals surface area contributed by atoms with Gasteiger partial charge in [0.2, 0.25) is 0 Å². The first kappa shape index (κ1) is 17.2. The molecular weight excluding hydrogens is 264 g/mol. The molecule has 1 amide bonds. The normalized spacial score (nSPS) is 11.6. The Hall–Kier alpha value is -1.84. The largest absolute Gasteiger partial charge is 0.444 e. The molecule has 4 heteroatoms. The average molecular weight is 290 g/mol. The summed E-state index contributed by atoms with van der Waals surface area (Å²) in [4.78, 5) is 17.7. The molecule has 0 unspecified atom stereocenters. The van der Waals surface area contributed by atoms with Crippen molar-refractivity contribution in [1.29, 1.82) is 0 Å². The predicted octanol–water partition coefficient (Wildman–Crippen LogP) is 3.75. The minimum absolute atomic E-state index is 0.268. The van der Waals surface area contributed by atoms with Crippen LogP contribution in [-0.2, 0) is 4.74 Å². The second-order valence-corrected chi connectivity index (χ2v) is 6.05. The summed E-state index contributed by atoms with van der Waals surface area (Å²) in [6.07, 6.45) is 3.49. The van der Waals surface area contributed by atoms with Crippen molar-refractivity contribution < 1.29 is 9.53 Å². The van der Waals surface area contributed by atoms with Crippen molar-refractivity contribution in [2.45, 2.75) is 39.2 Å². The summed E-state index contributed by atoms with van der Waals surface area (Å²) in [7, 11) is 1.77. The van der Waals surface area contributed by atoms with Gasteiger partial charge in [0.15, 0.2) is 0 Å². The lowest BCUT2D eigenvalue weighted by Gasteiger charge is -2.24. The molecular formula is C17H26N2O2. The highest BCUT2D eigenvalue weighted by atomic mass is 16.6. The molecule has 0 aliphatic rings. The lowest BCUT2D eigenvalue weighted by atomic mass is 10.2. The number of aliphatic imine (C=N–C) groups is 1. The molecule has 0 aromatic heterocycles. The summed E-state index contributed by atoms with van der Waals surface area (Å²) in [6, 6.07) is 10.0. The molecule has 0 saturated heterocycles. The summed E-state index contributed by atoms with van der Waals surface area (Å²) in [5, 5.41) is 0. The number of benzene rings is 1. The lowest BCUT2D eigenvalue weighted by Crippen LogP contribution is -2.34. The van der Waals surface area contributed by atoms with Gasteiger partial charge in [0.25, 0.3) is 0 Å². The zero-order valence-electron chi connectivity index (χ0n) is 13.5. The van der Waals surface area contributed by atoms with E-state index in [0.717, 1.165) is 24.9 Å². The van der Waals surface area contributed by atoms with E-state index in [2.05, 4.69) is 4.99 Å². The molecule has 1 aromatic carbocycles. The first-order chi connectivity index (χ1) is 9.88. The van der Waals surface area contributed by atoms with E-state index in [0.29, 0.717) is 6.54 Å². The van der Waals surface area contributed by atoms with E-state index in [-0.39, 0.29) is 6.09 Å². The van der Waals surface area contributed by atoms with E-state index in [9.17, 15) is 4.79 Å². The van der Waals surface area contributed by atoms with E-state index in [1.165, 1.54) is 0 Å². The molecule has 0 spiro atoms. The van der Waals surface area contributed by atoms with Crippen molar-refractivity contribution >= 4 is 12.3 Å². The summed E-state index contributed by atoms with van der Waals surface area (Å²) >= 11 is 0. The molecule has 0 atom stereocenters. The SMILES string of the molecule is CN(CCCCN=Cc1ccccc1)C(=O)OC(C)(C)C. The number of carbonyl (C=O) groups excluding carboxylic acids is 1. The molecule has 21 heavy (non-hydrogen) atoms. The zero-order chi connectivity index (χ0) is 15.7. The van der Waals surface area contributed by atoms with E-state index >= 15 is 0 Å². The van der Waals surface area contributed by atoms with Gasteiger partial charge in [0.1, 0.15) is 5.60 Å². The molecule has 0 aliphatic heterocycles. The van der Waals surface area contributed by atoms with Crippen molar-refractivity contribution in [3.05, 3.63) is 35.9 Å². The van der Waals surface area contributed by atoms with Crippen LogP contribution in [0.25, 0.3) is 0 Å². The Morgan fingerprint density at radius 2 is 1.90 bits per heavy atom. The number of carbonyl (C=O) groups is 1. The smallest absolute Gasteiger partial charge is 0.410 e. The highest BCUT2D eigenvalue weighted by molar-refractivity contribution is 5.79. The van der Waals surface area contributed by atoms with Crippen LogP contribution >= 0.6 is 0 Å². The molecule has 1 aromatic rings. The average Bonchev–Trinajstić information content (AvgIpc) is 2.41. The molecule has 0 N–H and O–H groups in total. The Kier molecular flexibility index (Phi) is 6.92. The molecule has 1 rings (SSSR count). The number of unbranched alkanes of at least 4 members (excludes halogenated alkanes) is 1. The molecule has 0 saturated carbocycles. The van der Waals surface area contributed by atoms with Gasteiger partial charge < -0.3 is 9.64 Å². The lowest BCUT2D eigenvalue weighted by molar-refractivity contribution is 0.0296. The van der Waals surface area contributed by atoms with Gasteiger partial charge >= 0.3 is 6.09 Å². The quantitative estimate of drug-likeness (QED) is 0.591. The van der Waals surface area contributed by atoms with Crippen molar-refractivity contribution in [2.24, 2.45) is 4.99 Å². The third-order valence-electron chi connectivity index (χ3n) is 2.78. The Morgan fingerprint density at radius 1 is 1.24 bits per heavy atom. The summed E-state index contributed by atoms with van der Waals surface area (Å²) in [5.41, 5.74) is 0.675. The molecule has 0 heterocycles. The van der Waals surface area contributed by atoms with Gasteiger partial charge in [0, 0.05) is 26.4 Å². The molecule has 4 nitrogen and oxygen atoms in total. The third kappa shape index (κ3) is 8.12. The first-order valence-corrected chi connectivity index (χ1v) is 7.37. The monoisotopic (exact) mass is 290 g/mol. The van der Waals surface area contributed by atoms with E-state index in [1.54, 1.807) is 11.9 Å². The zero-order valence-corrected chi connectivity index (χ0v) is 13.5. The highest BCUT2D eigenvalue weighted by Gasteiger charge is 2.18. The Morgan fingerprint density at radius 3 is 2.52 bits per heavy atom. The maximum absolute atomic E-state index is 11.7. The van der Waals surface area contributed by atoms with Gasteiger partial charge in [-0.25, -0.2) is 4.79 Å². The number of rotatable bonds is 6. The topological polar surface area (TPSA) is 41.9 Å². The fraction of sp³-hybridized carbons (Fsp3) is 0.529. The van der Waals surface area contributed by atoms with Crippen LogP contribution in [0, 0.1) is 0 Å². The van der Waals surface area contributed by atoms with Crippen LogP contribution in [0.3, 0.4) is 0 Å². The van der Waals surface area contributed by atoms with E-state index in [1.807, 2.05) is 57.3 Å². The maximum atomic E-state index is 11.7. The Labute approximate surface area is 127 Å². The number of hydrogen-bond acceptors (Lipinski definition) is 3. The van der Waals surface area contributed by atoms with Gasteiger partial charge in [-0.1, -0.05) is 30.3 Å². The van der Waals surface area contributed by atoms with Crippen LogP contribution in [0.4, 0.5) is 4.79 Å². The Bertz CT molecular complexity index is 450. The van der Waals surface area contributed by atoms with Crippen LogP contribution in [-0.4, -0.2) is 42.9 Å². The van der Waals surface area contributed by atoms with Gasteiger partial charge in [0.05, 0.1) is 0 Å². The van der Waals surface area contributed by atoms with Crippen molar-refractivity contribution in [3.63, 3.8) is 0 Å². The number of ether oxygens (including phenoxy) is 1. The second kappa shape index (κ2) is 8.45. The highest BCUT2D eigenvalue weighted by Crippen LogP contribution is 2.09. The van der Waals surface area contributed by atoms with Gasteiger partial charge in [-0.3, -0.25) is 4.99 Å². The predicted molar refractivity (Wildman–Crippen MR) is 87.0 cm³/mol. The Balaban J connectivity index is 2.16. The van der Waals surface area contributed by atoms with Gasteiger partial charge in [-0.05, 0) is 39.2 Å². The van der Waals surface area contributed by atoms with Crippen LogP contribution in [0.2, 0.25) is 0 Å². The summed E-state index contributed by atoms with van der Waals surface area (Å²) in [5.74, 6) is 0. The van der Waals surface area contributed by atoms with E-state index in [4.69, 9.17) is 4.74 Å². The molecule has 0 aliphatic carbocycles. The minimum atomic E-state index is -0.439. The number of amides is 1. The molecule has 0 bridgehead atoms. The molecule has 0 fully saturated rings. The van der Waals surface area contributed by atoms with Crippen LogP contribution in [0.5, 0.6) is 0 Å². The van der Waals surface area contributed by atoms with Crippen molar-refractivity contribution in [3.8, 4) is 0 Å². The standard InChI is InChI=1S/C17H26N2O2/c1-17(2,3)21-16(20)19(4)13-9-8-12-18-14-15-10-6-5-7-11-15/h5-7,10-11,14H,8-9,12-13H2,1-4H3. The third-order valence-corrected chi connectivity index (χ3v) is 2.78. The fourth-order valence-corrected chi connectivity index (χ4v) is 1.69. The van der Waals surface area contributed by atoms with Crippen LogP contribution in [0.15, 0.2) is 35.3 Å². The molecule has 0 radical (unpaired) electrons. The summed E-state index contributed by atoms with van der Waals surface area (Å²) in [6.45, 7) is 7.08. The van der Waals surface area contributed by atoms with Crippen LogP contribution < -0.4 is 0 Å². The first-order valence-electron chi connectivity index (χ1n) is 7.37. The van der Waals surface area contributed by atoms with Gasteiger partial charge in [-0.15, -0.1) is 0 Å². The van der Waals surface area contributed by atoms with Crippen molar-refractivity contribution in [2.75, 3.05) is 20.1 Å². The van der Waals surface area contributed by atoms with Crippen molar-refractivity contribution in [1.82, 2.24) is 4.90 Å². The number of hydrogen-bond donors (Lipinski definition) is 0. The minimum Gasteiger partial charge on any atom is -0.444 e. The van der Waals surface area contributed by atoms with Crippen LogP contribution in [0.1, 0.15) is 39.2 Å².